The minimum absolute atomic E-state index is 0.0940. The summed E-state index contributed by atoms with van der Waals surface area (Å²) >= 11 is 0. The maximum atomic E-state index is 13.3. The Balaban J connectivity index is 1.41. The number of hydrogen-bond acceptors (Lipinski definition) is 8. The van der Waals surface area contributed by atoms with Crippen LogP contribution < -0.4 is 15.5 Å². The number of nitrogens with one attached hydrogen (secondary N) is 2. The number of methoxy groups -OCH3 is 1. The number of carbonyl (C=O) groups excluding carboxylic acids is 5. The van der Waals surface area contributed by atoms with Gasteiger partial charge in [0.2, 0.25) is 0 Å². The molecule has 1 aromatic heterocycles. The Kier molecular flexibility index (Phi) is 8.78. The van der Waals surface area contributed by atoms with E-state index in [2.05, 4.69) is 10.6 Å². The van der Waals surface area contributed by atoms with E-state index in [9.17, 15) is 24.0 Å². The number of allylic oxidation sites excluding steroid dienone is 1. The van der Waals surface area contributed by atoms with E-state index < -0.39 is 29.7 Å². The van der Waals surface area contributed by atoms with E-state index in [1.54, 1.807) is 50.2 Å². The number of benzene rings is 2. The molecule has 11 nitrogen and oxygen atoms in total. The van der Waals surface area contributed by atoms with Crippen molar-refractivity contribution >= 4 is 47.1 Å². The molecule has 0 unspecified atom stereocenters. The topological polar surface area (TPSA) is 144 Å². The van der Waals surface area contributed by atoms with Crippen LogP contribution in [0.25, 0.3) is 6.08 Å². The van der Waals surface area contributed by atoms with Gasteiger partial charge in [0.05, 0.1) is 37.0 Å². The molecule has 0 saturated heterocycles. The van der Waals surface area contributed by atoms with Crippen molar-refractivity contribution in [1.82, 2.24) is 5.32 Å². The molecule has 1 aliphatic rings. The number of para-hydroxylation sites is 1. The third-order valence-electron chi connectivity index (χ3n) is 6.06. The number of rotatable bonds is 8. The molecule has 0 spiro atoms. The van der Waals surface area contributed by atoms with Crippen molar-refractivity contribution in [2.24, 2.45) is 0 Å². The fourth-order valence-electron chi connectivity index (χ4n) is 4.12. The molecule has 3 amide bonds. The number of hydrogen-bond donors (Lipinski definition) is 2. The third kappa shape index (κ3) is 6.41. The molecule has 210 valence electrons. The van der Waals surface area contributed by atoms with Gasteiger partial charge in [-0.2, -0.15) is 0 Å². The number of carbonyl (C=O) groups is 5. The lowest BCUT2D eigenvalue weighted by molar-refractivity contribution is -0.136. The third-order valence-corrected chi connectivity index (χ3v) is 6.06. The highest BCUT2D eigenvalue weighted by molar-refractivity contribution is 6.39. The van der Waals surface area contributed by atoms with E-state index in [1.165, 1.54) is 42.4 Å². The Bertz CT molecular complexity index is 1550. The van der Waals surface area contributed by atoms with Gasteiger partial charge >= 0.3 is 23.8 Å². The Morgan fingerprint density at radius 3 is 2.29 bits per heavy atom. The zero-order valence-corrected chi connectivity index (χ0v) is 22.6. The number of nitrogens with zero attached hydrogens (tertiary/aromatic N) is 1. The predicted octanol–water partition coefficient (Wildman–Crippen LogP) is 3.59. The molecule has 2 heterocycles. The van der Waals surface area contributed by atoms with Gasteiger partial charge in [-0.1, -0.05) is 18.2 Å². The van der Waals surface area contributed by atoms with Crippen LogP contribution in [-0.2, 0) is 35.2 Å². The average Bonchev–Trinajstić information content (AvgIpc) is 3.53. The largest absolute Gasteiger partial charge is 0.465 e. The van der Waals surface area contributed by atoms with Crippen LogP contribution in [0.4, 0.5) is 11.4 Å². The van der Waals surface area contributed by atoms with Crippen LogP contribution in [0.2, 0.25) is 0 Å². The lowest BCUT2D eigenvalue weighted by Gasteiger charge is -2.17. The van der Waals surface area contributed by atoms with Crippen molar-refractivity contribution in [1.29, 1.82) is 0 Å². The standard InChI is InChI=1S/C30H27N3O8/c1-4-40-29(37)19-10-12-20(13-11-19)32-27(35)26(34)31-17-23-15-14-22(41-23)16-24-25(30(38)39-3)18(2)33(28(24)36)21-8-6-5-7-9-21/h5-16H,4,17H2,1-3H3,(H,31,34)(H,32,35)/b24-16+. The summed E-state index contributed by atoms with van der Waals surface area (Å²) in [4.78, 5) is 63.6. The predicted molar refractivity (Wildman–Crippen MR) is 148 cm³/mol. The van der Waals surface area contributed by atoms with E-state index in [1.807, 2.05) is 6.07 Å². The van der Waals surface area contributed by atoms with Crippen LogP contribution >= 0.6 is 0 Å². The molecule has 3 aromatic rings. The Labute approximate surface area is 235 Å². The number of furan rings is 1. The minimum Gasteiger partial charge on any atom is -0.465 e. The van der Waals surface area contributed by atoms with E-state index in [4.69, 9.17) is 13.9 Å². The molecule has 41 heavy (non-hydrogen) atoms. The first-order valence-corrected chi connectivity index (χ1v) is 12.6. The van der Waals surface area contributed by atoms with Gasteiger partial charge in [0.15, 0.2) is 0 Å². The molecule has 0 bridgehead atoms. The summed E-state index contributed by atoms with van der Waals surface area (Å²) in [6.07, 6.45) is 1.43. The zero-order chi connectivity index (χ0) is 29.5. The van der Waals surface area contributed by atoms with Gasteiger partial charge in [-0.25, -0.2) is 9.59 Å². The molecule has 11 heteroatoms. The fraction of sp³-hybridized carbons (Fsp3) is 0.167. The van der Waals surface area contributed by atoms with Gasteiger partial charge in [-0.3, -0.25) is 19.3 Å². The van der Waals surface area contributed by atoms with Gasteiger partial charge in [0.1, 0.15) is 11.5 Å². The van der Waals surface area contributed by atoms with Crippen LogP contribution in [0.3, 0.4) is 0 Å². The van der Waals surface area contributed by atoms with Crippen molar-refractivity contribution in [3.05, 3.63) is 101 Å². The zero-order valence-electron chi connectivity index (χ0n) is 22.6. The first kappa shape index (κ1) is 28.6. The van der Waals surface area contributed by atoms with Crippen molar-refractivity contribution < 1.29 is 37.9 Å². The van der Waals surface area contributed by atoms with Gasteiger partial charge in [0, 0.05) is 17.1 Å². The maximum absolute atomic E-state index is 13.3. The van der Waals surface area contributed by atoms with Gasteiger partial charge in [-0.05, 0) is 68.5 Å². The van der Waals surface area contributed by atoms with E-state index in [0.29, 0.717) is 28.4 Å². The van der Waals surface area contributed by atoms with E-state index >= 15 is 0 Å². The smallest absolute Gasteiger partial charge is 0.340 e. The second-order valence-electron chi connectivity index (χ2n) is 8.72. The molecule has 1 aliphatic heterocycles. The first-order valence-electron chi connectivity index (χ1n) is 12.6. The number of anilines is 2. The highest BCUT2D eigenvalue weighted by atomic mass is 16.5. The molecule has 0 fully saturated rings. The van der Waals surface area contributed by atoms with Gasteiger partial charge in [-0.15, -0.1) is 0 Å². The van der Waals surface area contributed by atoms with Crippen LogP contribution in [-0.4, -0.2) is 43.4 Å². The number of ether oxygens (including phenoxy) is 2. The molecule has 2 N–H and O–H groups in total. The molecular weight excluding hydrogens is 530 g/mol. The summed E-state index contributed by atoms with van der Waals surface area (Å²) in [6, 6.07) is 17.9. The maximum Gasteiger partial charge on any atom is 0.340 e. The van der Waals surface area contributed by atoms with Crippen molar-refractivity contribution in [2.45, 2.75) is 20.4 Å². The summed E-state index contributed by atoms with van der Waals surface area (Å²) in [5.41, 5.74) is 1.85. The SMILES string of the molecule is CCOC(=O)c1ccc(NC(=O)C(=O)NCc2ccc(/C=C3/C(=O)N(c4ccccc4)C(C)=C3C(=O)OC)o2)cc1. The van der Waals surface area contributed by atoms with Crippen LogP contribution in [0.5, 0.6) is 0 Å². The highest BCUT2D eigenvalue weighted by Gasteiger charge is 2.38. The normalized spacial score (nSPS) is 13.8. The lowest BCUT2D eigenvalue weighted by atomic mass is 10.1. The molecule has 0 radical (unpaired) electrons. The minimum atomic E-state index is -0.913. The summed E-state index contributed by atoms with van der Waals surface area (Å²) in [7, 11) is 1.23. The van der Waals surface area contributed by atoms with Gasteiger partial charge in [0.25, 0.3) is 5.91 Å². The van der Waals surface area contributed by atoms with Crippen molar-refractivity contribution in [3.8, 4) is 0 Å². The Morgan fingerprint density at radius 2 is 1.63 bits per heavy atom. The van der Waals surface area contributed by atoms with Crippen LogP contribution in [0, 0.1) is 0 Å². The van der Waals surface area contributed by atoms with E-state index in [0.717, 1.165) is 0 Å². The molecule has 0 saturated carbocycles. The summed E-state index contributed by atoms with van der Waals surface area (Å²) in [6.45, 7) is 3.48. The van der Waals surface area contributed by atoms with Crippen molar-refractivity contribution in [3.63, 3.8) is 0 Å². The Hall–Kier alpha value is -5.45. The number of amides is 3. The number of esters is 2. The van der Waals surface area contributed by atoms with Crippen molar-refractivity contribution in [2.75, 3.05) is 23.9 Å². The molecule has 0 atom stereocenters. The molecule has 4 rings (SSSR count). The summed E-state index contributed by atoms with van der Waals surface area (Å²) in [5, 5.41) is 4.90. The van der Waals surface area contributed by atoms with Crippen LogP contribution in [0.1, 0.15) is 35.7 Å². The second-order valence-corrected chi connectivity index (χ2v) is 8.72. The summed E-state index contributed by atoms with van der Waals surface area (Å²) < 4.78 is 15.5. The fourth-order valence-corrected chi connectivity index (χ4v) is 4.12. The molecular formula is C30H27N3O8. The molecule has 0 aliphatic carbocycles. The Morgan fingerprint density at radius 1 is 0.927 bits per heavy atom. The van der Waals surface area contributed by atoms with Crippen LogP contribution in [0.15, 0.2) is 88.0 Å². The molecule has 2 aromatic carbocycles. The lowest BCUT2D eigenvalue weighted by Crippen LogP contribution is -2.34. The van der Waals surface area contributed by atoms with Gasteiger partial charge < -0.3 is 24.5 Å². The monoisotopic (exact) mass is 557 g/mol. The first-order chi connectivity index (χ1) is 19.7. The average molecular weight is 558 g/mol. The van der Waals surface area contributed by atoms with E-state index in [-0.39, 0.29) is 30.1 Å². The quantitative estimate of drug-likeness (QED) is 0.243. The highest BCUT2D eigenvalue weighted by Crippen LogP contribution is 2.35. The summed E-state index contributed by atoms with van der Waals surface area (Å²) in [5.74, 6) is -2.84. The second kappa shape index (κ2) is 12.6.